The third-order valence-electron chi connectivity index (χ3n) is 2.73. The van der Waals surface area contributed by atoms with E-state index in [1.165, 1.54) is 17.8 Å². The number of aryl methyl sites for hydroxylation is 1. The quantitative estimate of drug-likeness (QED) is 0.851. The Morgan fingerprint density at radius 3 is 2.85 bits per heavy atom. The third-order valence-corrected chi connectivity index (χ3v) is 4.88. The highest BCUT2D eigenvalue weighted by molar-refractivity contribution is 8.01. The predicted molar refractivity (Wildman–Crippen MR) is 83.9 cm³/mol. The molecule has 2 rings (SSSR count). The zero-order valence-corrected chi connectivity index (χ0v) is 13.6. The lowest BCUT2D eigenvalue weighted by atomic mass is 10.2. The number of halogens is 1. The lowest BCUT2D eigenvalue weighted by Gasteiger charge is -2.11. The van der Waals surface area contributed by atoms with Gasteiger partial charge >= 0.3 is 0 Å². The second-order valence-electron chi connectivity index (χ2n) is 5.10. The molecule has 2 nitrogen and oxygen atoms in total. The average molecular weight is 310 g/mol. The lowest BCUT2D eigenvalue weighted by Crippen LogP contribution is -2.20. The molecule has 20 heavy (non-hydrogen) atoms. The maximum Gasteiger partial charge on any atom is 0.154 e. The van der Waals surface area contributed by atoms with E-state index in [0.717, 1.165) is 27.0 Å². The van der Waals surface area contributed by atoms with Gasteiger partial charge in [0.15, 0.2) is 4.34 Å². The molecule has 5 heteroatoms. The van der Waals surface area contributed by atoms with Crippen LogP contribution in [0.1, 0.15) is 25.1 Å². The van der Waals surface area contributed by atoms with E-state index >= 15 is 0 Å². The van der Waals surface area contributed by atoms with E-state index in [0.29, 0.717) is 12.5 Å². The van der Waals surface area contributed by atoms with Crippen molar-refractivity contribution in [3.05, 3.63) is 40.7 Å². The van der Waals surface area contributed by atoms with Gasteiger partial charge in [-0.2, -0.15) is 0 Å². The second-order valence-corrected chi connectivity index (χ2v) is 7.25. The van der Waals surface area contributed by atoms with E-state index in [4.69, 9.17) is 0 Å². The zero-order chi connectivity index (χ0) is 14.5. The highest BCUT2D eigenvalue weighted by Gasteiger charge is 2.11. The van der Waals surface area contributed by atoms with E-state index in [9.17, 15) is 4.39 Å². The molecule has 0 unspecified atom stereocenters. The molecule has 0 spiro atoms. The van der Waals surface area contributed by atoms with E-state index in [2.05, 4.69) is 24.1 Å². The van der Waals surface area contributed by atoms with E-state index < -0.39 is 0 Å². The number of thiazole rings is 1. The molecule has 0 atom stereocenters. The predicted octanol–water partition coefficient (Wildman–Crippen LogP) is 4.49. The van der Waals surface area contributed by atoms with Crippen LogP contribution in [0.5, 0.6) is 0 Å². The van der Waals surface area contributed by atoms with Crippen LogP contribution in [0.3, 0.4) is 0 Å². The first-order chi connectivity index (χ1) is 9.56. The normalized spacial score (nSPS) is 11.2. The van der Waals surface area contributed by atoms with Gasteiger partial charge in [0.2, 0.25) is 0 Å². The first-order valence-corrected chi connectivity index (χ1v) is 8.34. The van der Waals surface area contributed by atoms with Crippen molar-refractivity contribution < 1.29 is 4.39 Å². The summed E-state index contributed by atoms with van der Waals surface area (Å²) in [6, 6.07) is 5.23. The van der Waals surface area contributed by atoms with Gasteiger partial charge in [0.1, 0.15) is 5.82 Å². The largest absolute Gasteiger partial charge is 0.312 e. The molecule has 2 aromatic rings. The third kappa shape index (κ3) is 4.30. The van der Waals surface area contributed by atoms with Gasteiger partial charge in [-0.3, -0.25) is 0 Å². The van der Waals surface area contributed by atoms with Gasteiger partial charge in [0, 0.05) is 28.1 Å². The molecule has 1 N–H and O–H groups in total. The summed E-state index contributed by atoms with van der Waals surface area (Å²) in [4.78, 5) is 5.36. The molecule has 0 bridgehead atoms. The van der Waals surface area contributed by atoms with Crippen LogP contribution in [-0.4, -0.2) is 11.5 Å². The first kappa shape index (κ1) is 15.5. The minimum atomic E-state index is -0.153. The second kappa shape index (κ2) is 7.20. The Bertz CT molecular complexity index is 567. The van der Waals surface area contributed by atoms with Crippen molar-refractivity contribution in [1.82, 2.24) is 10.3 Å². The number of aromatic nitrogens is 1. The summed E-state index contributed by atoms with van der Waals surface area (Å²) in [7, 11) is 0. The Balaban J connectivity index is 2.13. The molecule has 1 heterocycles. The average Bonchev–Trinajstić information content (AvgIpc) is 2.78. The summed E-state index contributed by atoms with van der Waals surface area (Å²) < 4.78 is 15.0. The highest BCUT2D eigenvalue weighted by atomic mass is 32.2. The van der Waals surface area contributed by atoms with Crippen molar-refractivity contribution in [1.29, 1.82) is 0 Å². The van der Waals surface area contributed by atoms with Gasteiger partial charge in [-0.1, -0.05) is 31.7 Å². The van der Waals surface area contributed by atoms with E-state index in [1.54, 1.807) is 17.4 Å². The van der Waals surface area contributed by atoms with Gasteiger partial charge in [-0.05, 0) is 31.5 Å². The van der Waals surface area contributed by atoms with Gasteiger partial charge in [0.05, 0.1) is 0 Å². The maximum atomic E-state index is 14.0. The molecule has 0 amide bonds. The van der Waals surface area contributed by atoms with Gasteiger partial charge in [0.25, 0.3) is 0 Å². The number of rotatable bonds is 6. The minimum Gasteiger partial charge on any atom is -0.312 e. The molecule has 0 aliphatic rings. The summed E-state index contributed by atoms with van der Waals surface area (Å²) in [6.45, 7) is 7.69. The van der Waals surface area contributed by atoms with E-state index in [-0.39, 0.29) is 5.82 Å². The Morgan fingerprint density at radius 1 is 1.40 bits per heavy atom. The minimum absolute atomic E-state index is 0.153. The molecule has 1 aromatic carbocycles. The molecule has 0 aliphatic heterocycles. The number of benzene rings is 1. The summed E-state index contributed by atoms with van der Waals surface area (Å²) in [5, 5.41) is 5.32. The summed E-state index contributed by atoms with van der Waals surface area (Å²) in [5.74, 6) is 0.402. The highest BCUT2D eigenvalue weighted by Crippen LogP contribution is 2.33. The van der Waals surface area contributed by atoms with Crippen molar-refractivity contribution in [2.24, 2.45) is 5.92 Å². The fourth-order valence-electron chi connectivity index (χ4n) is 1.77. The fourth-order valence-corrected chi connectivity index (χ4v) is 3.71. The van der Waals surface area contributed by atoms with E-state index in [1.807, 2.05) is 18.4 Å². The number of hydrogen-bond donors (Lipinski definition) is 1. The van der Waals surface area contributed by atoms with Crippen LogP contribution < -0.4 is 5.32 Å². The topological polar surface area (TPSA) is 24.9 Å². The first-order valence-electron chi connectivity index (χ1n) is 6.64. The standard InChI is InChI=1S/C15H19FN2S2/c1-10(2)7-17-8-12-13(16)5-4-6-14(12)20-15-18-11(3)9-19-15/h4-6,9-10,17H,7-8H2,1-3H3. The Labute approximate surface area is 127 Å². The van der Waals surface area contributed by atoms with Crippen LogP contribution in [0.4, 0.5) is 4.39 Å². The summed E-state index contributed by atoms with van der Waals surface area (Å²) in [6.07, 6.45) is 0. The molecular formula is C15H19FN2S2. The molecular weight excluding hydrogens is 291 g/mol. The summed E-state index contributed by atoms with van der Waals surface area (Å²) in [5.41, 5.74) is 1.74. The summed E-state index contributed by atoms with van der Waals surface area (Å²) >= 11 is 3.13. The fraction of sp³-hybridized carbons (Fsp3) is 0.400. The monoisotopic (exact) mass is 310 g/mol. The zero-order valence-electron chi connectivity index (χ0n) is 11.9. The van der Waals surface area contributed by atoms with Crippen LogP contribution in [0.2, 0.25) is 0 Å². The van der Waals surface area contributed by atoms with Crippen molar-refractivity contribution in [2.45, 2.75) is 36.6 Å². The van der Waals surface area contributed by atoms with Crippen LogP contribution >= 0.6 is 23.1 Å². The van der Waals surface area contributed by atoms with Crippen LogP contribution in [0, 0.1) is 18.7 Å². The Hall–Kier alpha value is -0.910. The van der Waals surface area contributed by atoms with Crippen LogP contribution in [0.15, 0.2) is 32.8 Å². The molecule has 1 aromatic heterocycles. The van der Waals surface area contributed by atoms with Crippen molar-refractivity contribution in [3.8, 4) is 0 Å². The van der Waals surface area contributed by atoms with Crippen molar-refractivity contribution in [3.63, 3.8) is 0 Å². The molecule has 0 aliphatic carbocycles. The Kier molecular flexibility index (Phi) is 5.57. The smallest absolute Gasteiger partial charge is 0.154 e. The maximum absolute atomic E-state index is 14.0. The number of hydrogen-bond acceptors (Lipinski definition) is 4. The molecule has 0 fully saturated rings. The van der Waals surface area contributed by atoms with Crippen LogP contribution in [-0.2, 0) is 6.54 Å². The van der Waals surface area contributed by atoms with Crippen LogP contribution in [0.25, 0.3) is 0 Å². The molecule has 0 saturated carbocycles. The van der Waals surface area contributed by atoms with Gasteiger partial charge in [-0.15, -0.1) is 11.3 Å². The molecule has 108 valence electrons. The molecule has 0 radical (unpaired) electrons. The SMILES string of the molecule is Cc1csc(Sc2cccc(F)c2CNCC(C)C)n1. The van der Waals surface area contributed by atoms with Gasteiger partial charge in [-0.25, -0.2) is 9.37 Å². The van der Waals surface area contributed by atoms with Gasteiger partial charge < -0.3 is 5.32 Å². The van der Waals surface area contributed by atoms with Crippen molar-refractivity contribution in [2.75, 3.05) is 6.54 Å². The lowest BCUT2D eigenvalue weighted by molar-refractivity contribution is 0.530. The Morgan fingerprint density at radius 2 is 2.20 bits per heavy atom. The molecule has 0 saturated heterocycles. The van der Waals surface area contributed by atoms with Crippen molar-refractivity contribution >= 4 is 23.1 Å². The number of nitrogens with one attached hydrogen (secondary N) is 1. The number of nitrogens with zero attached hydrogens (tertiary/aromatic N) is 1.